The molecule has 0 radical (unpaired) electrons. The maximum Gasteiger partial charge on any atom is 0.335 e. The third-order valence-electron chi connectivity index (χ3n) is 2.45. The van der Waals surface area contributed by atoms with E-state index in [4.69, 9.17) is 17.3 Å². The Bertz CT molecular complexity index is 490. The van der Waals surface area contributed by atoms with Crippen molar-refractivity contribution in [1.29, 1.82) is 0 Å². The molecule has 1 N–H and O–H groups in total. The number of hydrogen-bond donors (Lipinski definition) is 1. The molecule has 0 spiro atoms. The van der Waals surface area contributed by atoms with Gasteiger partial charge in [-0.05, 0) is 18.3 Å². The molecule has 0 fully saturated rings. The molecule has 0 aromatic heterocycles. The van der Waals surface area contributed by atoms with Crippen LogP contribution in [-0.2, 0) is 9.59 Å². The summed E-state index contributed by atoms with van der Waals surface area (Å²) in [6.45, 7) is 0. The number of hydrogen-bond acceptors (Lipinski definition) is 3. The number of fused-ring (bicyclic) bond motifs is 1. The summed E-state index contributed by atoms with van der Waals surface area (Å²) in [4.78, 5) is 27.8. The minimum atomic E-state index is -1.05. The van der Waals surface area contributed by atoms with Crippen LogP contribution < -0.4 is 0 Å². The van der Waals surface area contributed by atoms with Crippen molar-refractivity contribution in [2.24, 2.45) is 10.9 Å². The maximum absolute atomic E-state index is 11.8. The van der Waals surface area contributed by atoms with Gasteiger partial charge >= 0.3 is 5.97 Å². The number of carbonyl (C=O) groups is 2. The van der Waals surface area contributed by atoms with Crippen molar-refractivity contribution in [1.82, 2.24) is 4.90 Å². The number of carboxylic acid groups (broad SMARTS) is 1. The number of carboxylic acids is 1. The van der Waals surface area contributed by atoms with Crippen LogP contribution in [-0.4, -0.2) is 39.8 Å². The van der Waals surface area contributed by atoms with Crippen LogP contribution in [0.4, 0.5) is 0 Å². The first-order valence-corrected chi connectivity index (χ1v) is 4.95. The van der Waals surface area contributed by atoms with Gasteiger partial charge in [-0.3, -0.25) is 9.69 Å². The summed E-state index contributed by atoms with van der Waals surface area (Å²) in [5.41, 5.74) is 0.503. The van der Waals surface area contributed by atoms with Crippen LogP contribution in [0.2, 0.25) is 0 Å². The molecule has 0 bridgehead atoms. The zero-order valence-electron chi connectivity index (χ0n) is 8.38. The molecule has 16 heavy (non-hydrogen) atoms. The van der Waals surface area contributed by atoms with Gasteiger partial charge in [0.2, 0.25) is 11.0 Å². The predicted octanol–water partition coefficient (Wildman–Crippen LogP) is 0.381. The van der Waals surface area contributed by atoms with Gasteiger partial charge in [0.1, 0.15) is 0 Å². The number of thiocarbonyl (C=S) groups is 1. The summed E-state index contributed by atoms with van der Waals surface area (Å²) < 4.78 is 0. The van der Waals surface area contributed by atoms with Crippen molar-refractivity contribution in [3.8, 4) is 0 Å². The third-order valence-corrected chi connectivity index (χ3v) is 2.81. The number of aliphatic imine (C=N–C) groups is 1. The minimum absolute atomic E-state index is 0.107. The quantitative estimate of drug-likeness (QED) is 0.668. The Kier molecular flexibility index (Phi) is 2.43. The third kappa shape index (κ3) is 1.57. The number of rotatable bonds is 1. The Hall–Kier alpha value is -1.82. The SMILES string of the molecule is CN1C(=O)C2C=CC(C(=O)O)=CC2=NC1=S. The number of aliphatic carboxylic acids is 1. The highest BCUT2D eigenvalue weighted by atomic mass is 32.1. The molecule has 1 unspecified atom stereocenters. The molecular weight excluding hydrogens is 228 g/mol. The Balaban J connectivity index is 2.45. The molecule has 0 aromatic rings. The zero-order valence-corrected chi connectivity index (χ0v) is 9.19. The van der Waals surface area contributed by atoms with Gasteiger partial charge in [-0.2, -0.15) is 0 Å². The van der Waals surface area contributed by atoms with Crippen LogP contribution in [0.5, 0.6) is 0 Å². The van der Waals surface area contributed by atoms with E-state index in [1.165, 1.54) is 23.1 Å². The lowest BCUT2D eigenvalue weighted by atomic mass is 9.92. The summed E-state index contributed by atoms with van der Waals surface area (Å²) in [5.74, 6) is -1.75. The van der Waals surface area contributed by atoms with Gasteiger partial charge in [0, 0.05) is 7.05 Å². The van der Waals surface area contributed by atoms with Crippen LogP contribution >= 0.6 is 12.2 Å². The topological polar surface area (TPSA) is 70.0 Å². The molecule has 2 aliphatic rings. The fourth-order valence-corrected chi connectivity index (χ4v) is 1.72. The molecule has 1 amide bonds. The molecule has 0 saturated heterocycles. The van der Waals surface area contributed by atoms with E-state index in [1.54, 1.807) is 7.05 Å². The molecule has 2 rings (SSSR count). The van der Waals surface area contributed by atoms with Crippen molar-refractivity contribution in [3.05, 3.63) is 23.8 Å². The molecule has 0 aromatic carbocycles. The molecular formula is C10H8N2O3S. The van der Waals surface area contributed by atoms with E-state index < -0.39 is 11.9 Å². The van der Waals surface area contributed by atoms with Crippen LogP contribution in [0.15, 0.2) is 28.8 Å². The molecule has 5 nitrogen and oxygen atoms in total. The second-order valence-corrected chi connectivity index (χ2v) is 3.82. The maximum atomic E-state index is 11.8. The van der Waals surface area contributed by atoms with Gasteiger partial charge in [-0.1, -0.05) is 12.2 Å². The fraction of sp³-hybridized carbons (Fsp3) is 0.200. The van der Waals surface area contributed by atoms with E-state index in [-0.39, 0.29) is 16.6 Å². The van der Waals surface area contributed by atoms with Crippen LogP contribution in [0.25, 0.3) is 0 Å². The monoisotopic (exact) mass is 236 g/mol. The first kappa shape index (κ1) is 10.7. The standard InChI is InChI=1S/C10H8N2O3S/c1-12-8(13)6-3-2-5(9(14)15)4-7(6)11-10(12)16/h2-4,6H,1H3,(H,14,15). The van der Waals surface area contributed by atoms with E-state index in [9.17, 15) is 9.59 Å². The highest BCUT2D eigenvalue weighted by molar-refractivity contribution is 7.80. The van der Waals surface area contributed by atoms with Gasteiger partial charge in [0.15, 0.2) is 0 Å². The molecule has 1 aliphatic carbocycles. The predicted molar refractivity (Wildman–Crippen MR) is 61.2 cm³/mol. The molecule has 1 heterocycles. The normalized spacial score (nSPS) is 23.8. The highest BCUT2D eigenvalue weighted by Gasteiger charge is 2.32. The van der Waals surface area contributed by atoms with Crippen molar-refractivity contribution in [2.45, 2.75) is 0 Å². The first-order chi connectivity index (χ1) is 7.50. The number of amides is 1. The van der Waals surface area contributed by atoms with Crippen molar-refractivity contribution < 1.29 is 14.7 Å². The lowest BCUT2D eigenvalue weighted by Crippen LogP contribution is -2.43. The largest absolute Gasteiger partial charge is 0.478 e. The molecule has 6 heteroatoms. The Labute approximate surface area is 96.8 Å². The first-order valence-electron chi connectivity index (χ1n) is 4.54. The Morgan fingerprint density at radius 1 is 1.62 bits per heavy atom. The fourth-order valence-electron chi connectivity index (χ4n) is 1.53. The summed E-state index contributed by atoms with van der Waals surface area (Å²) in [7, 11) is 1.55. The van der Waals surface area contributed by atoms with Crippen LogP contribution in [0.1, 0.15) is 0 Å². The van der Waals surface area contributed by atoms with Crippen molar-refractivity contribution >= 4 is 34.9 Å². The molecule has 1 atom stereocenters. The van der Waals surface area contributed by atoms with Crippen LogP contribution in [0.3, 0.4) is 0 Å². The number of allylic oxidation sites excluding steroid dienone is 1. The summed E-state index contributed by atoms with van der Waals surface area (Å²) in [6.07, 6.45) is 4.32. The van der Waals surface area contributed by atoms with E-state index in [0.29, 0.717) is 5.71 Å². The van der Waals surface area contributed by atoms with Gasteiger partial charge in [0.05, 0.1) is 17.2 Å². The minimum Gasteiger partial charge on any atom is -0.478 e. The molecule has 82 valence electrons. The second kappa shape index (κ2) is 3.64. The van der Waals surface area contributed by atoms with E-state index in [2.05, 4.69) is 4.99 Å². The van der Waals surface area contributed by atoms with Gasteiger partial charge in [-0.15, -0.1) is 0 Å². The van der Waals surface area contributed by atoms with Gasteiger partial charge in [0.25, 0.3) is 0 Å². The number of nitrogens with zero attached hydrogens (tertiary/aromatic N) is 2. The molecule has 0 saturated carbocycles. The van der Waals surface area contributed by atoms with Gasteiger partial charge in [-0.25, -0.2) is 9.79 Å². The number of carbonyl (C=O) groups excluding carboxylic acids is 1. The summed E-state index contributed by atoms with van der Waals surface area (Å²) >= 11 is 4.89. The summed E-state index contributed by atoms with van der Waals surface area (Å²) in [6, 6.07) is 0. The van der Waals surface area contributed by atoms with Crippen molar-refractivity contribution in [3.63, 3.8) is 0 Å². The molecule has 1 aliphatic heterocycles. The second-order valence-electron chi connectivity index (χ2n) is 3.46. The van der Waals surface area contributed by atoms with Gasteiger partial charge < -0.3 is 5.11 Å². The smallest absolute Gasteiger partial charge is 0.335 e. The zero-order chi connectivity index (χ0) is 11.9. The van der Waals surface area contributed by atoms with E-state index >= 15 is 0 Å². The summed E-state index contributed by atoms with van der Waals surface area (Å²) in [5, 5.41) is 8.97. The van der Waals surface area contributed by atoms with E-state index in [1.807, 2.05) is 0 Å². The van der Waals surface area contributed by atoms with Crippen molar-refractivity contribution in [2.75, 3.05) is 7.05 Å². The average Bonchev–Trinajstić information content (AvgIpc) is 2.25. The lowest BCUT2D eigenvalue weighted by molar-refractivity contribution is -0.132. The average molecular weight is 236 g/mol. The van der Waals surface area contributed by atoms with E-state index in [0.717, 1.165) is 0 Å². The Morgan fingerprint density at radius 3 is 2.94 bits per heavy atom. The highest BCUT2D eigenvalue weighted by Crippen LogP contribution is 2.21. The van der Waals surface area contributed by atoms with Crippen LogP contribution in [0, 0.1) is 5.92 Å². The lowest BCUT2D eigenvalue weighted by Gasteiger charge is -2.27. The Morgan fingerprint density at radius 2 is 2.31 bits per heavy atom.